The van der Waals surface area contributed by atoms with Crippen LogP contribution < -0.4 is 10.3 Å². The molecule has 2 N–H and O–H groups in total. The van der Waals surface area contributed by atoms with Gasteiger partial charge < -0.3 is 19.9 Å². The zero-order chi connectivity index (χ0) is 18.8. The molecule has 0 aromatic heterocycles. The lowest BCUT2D eigenvalue weighted by molar-refractivity contribution is -0.135. The molecule has 8 nitrogen and oxygen atoms in total. The number of esters is 1. The van der Waals surface area contributed by atoms with Gasteiger partial charge in [-0.1, -0.05) is 18.2 Å². The largest absolute Gasteiger partial charge is 0.461 e. The van der Waals surface area contributed by atoms with E-state index in [-0.39, 0.29) is 37.9 Å². The number of ether oxygens (including phenoxy) is 2. The van der Waals surface area contributed by atoms with Crippen molar-refractivity contribution in [2.45, 2.75) is 25.8 Å². The van der Waals surface area contributed by atoms with Gasteiger partial charge in [0.1, 0.15) is 11.8 Å². The number of carbonyl (C=O) groups excluding carboxylic acids is 2. The van der Waals surface area contributed by atoms with E-state index in [1.165, 1.54) is 0 Å². The second-order valence-corrected chi connectivity index (χ2v) is 5.65. The number of nitrogens with one attached hydrogen (secondary N) is 1. The Labute approximate surface area is 152 Å². The predicted octanol–water partition coefficient (Wildman–Crippen LogP) is 0.700. The van der Waals surface area contributed by atoms with E-state index in [9.17, 15) is 9.59 Å². The van der Waals surface area contributed by atoms with Gasteiger partial charge in [-0.15, -0.1) is 0 Å². The molecule has 1 aliphatic heterocycles. The molecule has 1 atom stereocenters. The summed E-state index contributed by atoms with van der Waals surface area (Å²) in [5, 5.41) is 17.4. The first-order chi connectivity index (χ1) is 12.7. The molecular weight excluding hydrogens is 338 g/mol. The highest BCUT2D eigenvalue weighted by molar-refractivity contribution is 6.38. The molecule has 1 aliphatic rings. The quantitative estimate of drug-likeness (QED) is 0.469. The molecular formula is C18H25N3O5. The number of nitrogens with zero attached hydrogens (tertiary/aromatic N) is 2. The lowest BCUT2D eigenvalue weighted by atomic mass is 10.1. The smallest absolute Gasteiger partial charge is 0.354 e. The van der Waals surface area contributed by atoms with E-state index in [0.717, 1.165) is 5.69 Å². The summed E-state index contributed by atoms with van der Waals surface area (Å²) in [4.78, 5) is 24.6. The molecule has 26 heavy (non-hydrogen) atoms. The topological polar surface area (TPSA) is 100 Å². The minimum atomic E-state index is -0.602. The number of amides is 1. The molecule has 0 fully saturated rings. The van der Waals surface area contributed by atoms with Crippen LogP contribution in [0.15, 0.2) is 35.4 Å². The van der Waals surface area contributed by atoms with Crippen LogP contribution in [0.1, 0.15) is 19.8 Å². The van der Waals surface area contributed by atoms with Crippen molar-refractivity contribution in [1.82, 2.24) is 5.32 Å². The highest BCUT2D eigenvalue weighted by atomic mass is 16.5. The van der Waals surface area contributed by atoms with Gasteiger partial charge in [0, 0.05) is 19.6 Å². The number of carbonyl (C=O) groups is 2. The second-order valence-electron chi connectivity index (χ2n) is 5.65. The minimum absolute atomic E-state index is 0.0194. The van der Waals surface area contributed by atoms with E-state index < -0.39 is 12.0 Å². The Morgan fingerprint density at radius 2 is 2.08 bits per heavy atom. The van der Waals surface area contributed by atoms with Crippen LogP contribution in [0.5, 0.6) is 0 Å². The minimum Gasteiger partial charge on any atom is -0.461 e. The van der Waals surface area contributed by atoms with E-state index in [0.29, 0.717) is 19.6 Å². The van der Waals surface area contributed by atoms with Gasteiger partial charge in [-0.3, -0.25) is 9.80 Å². The van der Waals surface area contributed by atoms with Crippen molar-refractivity contribution in [2.75, 3.05) is 38.0 Å². The highest BCUT2D eigenvalue weighted by Crippen LogP contribution is 2.25. The van der Waals surface area contributed by atoms with Crippen LogP contribution in [0.4, 0.5) is 5.69 Å². The fraction of sp³-hybridized carbons (Fsp3) is 0.500. The third kappa shape index (κ3) is 5.53. The van der Waals surface area contributed by atoms with Crippen LogP contribution in [-0.2, 0) is 19.1 Å². The van der Waals surface area contributed by atoms with Crippen molar-refractivity contribution in [1.29, 1.82) is 0 Å². The van der Waals surface area contributed by atoms with Crippen molar-refractivity contribution < 1.29 is 24.2 Å². The normalized spacial score (nSPS) is 16.3. The Morgan fingerprint density at radius 1 is 1.31 bits per heavy atom. The molecule has 1 amide bonds. The summed E-state index contributed by atoms with van der Waals surface area (Å²) in [6.07, 6.45) is 0.829. The van der Waals surface area contributed by atoms with Crippen molar-refractivity contribution in [3.63, 3.8) is 0 Å². The van der Waals surface area contributed by atoms with Crippen LogP contribution in [-0.4, -0.2) is 61.7 Å². The van der Waals surface area contributed by atoms with Crippen LogP contribution in [0.2, 0.25) is 0 Å². The van der Waals surface area contributed by atoms with Gasteiger partial charge in [0.05, 0.1) is 25.5 Å². The van der Waals surface area contributed by atoms with Gasteiger partial charge in [-0.25, -0.2) is 4.79 Å². The number of rotatable bonds is 10. The van der Waals surface area contributed by atoms with Crippen LogP contribution in [0.3, 0.4) is 0 Å². The molecule has 2 rings (SSSR count). The van der Waals surface area contributed by atoms with Crippen LogP contribution in [0, 0.1) is 0 Å². The Morgan fingerprint density at radius 3 is 2.77 bits per heavy atom. The maximum absolute atomic E-state index is 12.6. The molecule has 0 spiro atoms. The Balaban J connectivity index is 1.98. The first kappa shape index (κ1) is 19.9. The number of hydrazone groups is 1. The molecule has 142 valence electrons. The molecule has 0 bridgehead atoms. The summed E-state index contributed by atoms with van der Waals surface area (Å²) in [6, 6.07) is 8.63. The third-order valence-corrected chi connectivity index (χ3v) is 3.75. The van der Waals surface area contributed by atoms with E-state index >= 15 is 0 Å². The van der Waals surface area contributed by atoms with Gasteiger partial charge in [-0.2, -0.15) is 5.10 Å². The molecule has 1 aromatic rings. The molecule has 1 heterocycles. The molecule has 0 aliphatic carbocycles. The molecule has 1 aromatic carbocycles. The first-order valence-electron chi connectivity index (χ1n) is 8.72. The predicted molar refractivity (Wildman–Crippen MR) is 96.9 cm³/mol. The zero-order valence-corrected chi connectivity index (χ0v) is 14.9. The van der Waals surface area contributed by atoms with Gasteiger partial charge in [0.25, 0.3) is 0 Å². The standard InChI is InChI=1S/C18H25N3O5/c1-2-26-18(24)15-13-16(17(23)19-9-6-11-25-12-10-22)21(20-15)14-7-4-3-5-8-14/h3-5,7-8,16,22H,2,6,9-13H2,1H3,(H,19,23)/t16-/m1/s1. The van der Waals surface area contributed by atoms with Crippen LogP contribution >= 0.6 is 0 Å². The van der Waals surface area contributed by atoms with Gasteiger partial charge in [-0.05, 0) is 25.5 Å². The molecule has 0 radical (unpaired) electrons. The number of para-hydroxylation sites is 1. The number of hydrogen-bond donors (Lipinski definition) is 2. The average Bonchev–Trinajstić information content (AvgIpc) is 3.11. The van der Waals surface area contributed by atoms with Crippen molar-refractivity contribution in [3.8, 4) is 0 Å². The lowest BCUT2D eigenvalue weighted by Gasteiger charge is -2.22. The Bertz CT molecular complexity index is 621. The number of anilines is 1. The van der Waals surface area contributed by atoms with E-state index in [1.54, 1.807) is 11.9 Å². The summed E-state index contributed by atoms with van der Waals surface area (Å²) in [5.74, 6) is -0.708. The number of aliphatic hydroxyl groups is 1. The Kier molecular flexibility index (Phi) is 8.04. The van der Waals surface area contributed by atoms with E-state index in [4.69, 9.17) is 14.6 Å². The lowest BCUT2D eigenvalue weighted by Crippen LogP contribution is -2.43. The monoisotopic (exact) mass is 363 g/mol. The summed E-state index contributed by atoms with van der Waals surface area (Å²) in [5.41, 5.74) is 0.973. The van der Waals surface area contributed by atoms with Crippen LogP contribution in [0.25, 0.3) is 0 Å². The molecule has 0 saturated carbocycles. The number of aliphatic hydroxyl groups excluding tert-OH is 1. The molecule has 0 unspecified atom stereocenters. The van der Waals surface area contributed by atoms with Crippen molar-refractivity contribution in [2.24, 2.45) is 5.10 Å². The third-order valence-electron chi connectivity index (χ3n) is 3.75. The second kappa shape index (κ2) is 10.5. The van der Waals surface area contributed by atoms with Gasteiger partial charge in [0.2, 0.25) is 5.91 Å². The molecule has 8 heteroatoms. The number of hydrogen-bond acceptors (Lipinski definition) is 7. The maximum atomic E-state index is 12.6. The number of benzene rings is 1. The molecule has 0 saturated heterocycles. The summed E-state index contributed by atoms with van der Waals surface area (Å²) >= 11 is 0. The van der Waals surface area contributed by atoms with E-state index in [1.807, 2.05) is 30.3 Å². The fourth-order valence-electron chi connectivity index (χ4n) is 2.54. The van der Waals surface area contributed by atoms with Gasteiger partial charge >= 0.3 is 5.97 Å². The first-order valence-corrected chi connectivity index (χ1v) is 8.72. The summed E-state index contributed by atoms with van der Waals surface area (Å²) < 4.78 is 10.2. The summed E-state index contributed by atoms with van der Waals surface area (Å²) in [6.45, 7) is 3.15. The van der Waals surface area contributed by atoms with E-state index in [2.05, 4.69) is 10.4 Å². The van der Waals surface area contributed by atoms with Crippen molar-refractivity contribution >= 4 is 23.3 Å². The SMILES string of the molecule is CCOC(=O)C1=NN(c2ccccc2)[C@@H](C(=O)NCCCOCCO)C1. The highest BCUT2D eigenvalue weighted by Gasteiger charge is 2.36. The maximum Gasteiger partial charge on any atom is 0.354 e. The zero-order valence-electron chi connectivity index (χ0n) is 14.9. The average molecular weight is 363 g/mol. The van der Waals surface area contributed by atoms with Gasteiger partial charge in [0.15, 0.2) is 0 Å². The van der Waals surface area contributed by atoms with Crippen molar-refractivity contribution in [3.05, 3.63) is 30.3 Å². The Hall–Kier alpha value is -2.45. The summed E-state index contributed by atoms with van der Waals surface area (Å²) in [7, 11) is 0. The fourth-order valence-corrected chi connectivity index (χ4v) is 2.54.